The van der Waals surface area contributed by atoms with Crippen LogP contribution >= 0.6 is 11.8 Å². The van der Waals surface area contributed by atoms with E-state index >= 15 is 0 Å². The summed E-state index contributed by atoms with van der Waals surface area (Å²) in [4.78, 5) is 24.2. The number of rotatable bonds is 4. The quantitative estimate of drug-likeness (QED) is 0.661. The minimum atomic E-state index is -4.46. The summed E-state index contributed by atoms with van der Waals surface area (Å²) >= 11 is 1.18. The number of nitrogens with one attached hydrogen (secondary N) is 1. The largest absolute Gasteiger partial charge is 0.417 e. The van der Waals surface area contributed by atoms with E-state index in [0.29, 0.717) is 22.8 Å². The van der Waals surface area contributed by atoms with Crippen LogP contribution in [0.3, 0.4) is 0 Å². The van der Waals surface area contributed by atoms with Crippen LogP contribution in [0.2, 0.25) is 0 Å². The topological polar surface area (TPSA) is 54.9 Å². The van der Waals surface area contributed by atoms with Crippen molar-refractivity contribution in [2.75, 3.05) is 5.75 Å². The maximum Gasteiger partial charge on any atom is 0.417 e. The molecule has 0 amide bonds. The van der Waals surface area contributed by atoms with Crippen LogP contribution < -0.4 is 11.0 Å². The number of hydrogen-bond donors (Lipinski definition) is 1. The van der Waals surface area contributed by atoms with Crippen molar-refractivity contribution in [2.24, 2.45) is 13.0 Å². The Hall–Kier alpha value is -1.96. The molecule has 3 rings (SSSR count). The normalized spacial score (nSPS) is 14.8. The molecule has 4 nitrogen and oxygen atoms in total. The lowest BCUT2D eigenvalue weighted by Crippen LogP contribution is -2.35. The van der Waals surface area contributed by atoms with E-state index in [1.54, 1.807) is 6.92 Å². The van der Waals surface area contributed by atoms with Gasteiger partial charge in [-0.1, -0.05) is 6.07 Å². The fourth-order valence-corrected chi connectivity index (χ4v) is 4.03. The molecule has 1 heterocycles. The van der Waals surface area contributed by atoms with Crippen LogP contribution in [0.4, 0.5) is 13.2 Å². The first kappa shape index (κ1) is 17.8. The summed E-state index contributed by atoms with van der Waals surface area (Å²) in [6.45, 7) is 1.57. The van der Waals surface area contributed by atoms with Gasteiger partial charge in [-0.25, -0.2) is 0 Å². The monoisotopic (exact) mass is 370 g/mol. The van der Waals surface area contributed by atoms with Crippen molar-refractivity contribution in [3.05, 3.63) is 50.0 Å². The lowest BCUT2D eigenvalue weighted by molar-refractivity contribution is -0.139. The van der Waals surface area contributed by atoms with Gasteiger partial charge in [-0.15, -0.1) is 11.8 Å². The van der Waals surface area contributed by atoms with Crippen molar-refractivity contribution < 1.29 is 13.2 Å². The third-order valence-electron chi connectivity index (χ3n) is 4.31. The summed E-state index contributed by atoms with van der Waals surface area (Å²) in [5.41, 5.74) is -1.36. The second-order valence-electron chi connectivity index (χ2n) is 6.25. The minimum Gasteiger partial charge on any atom is -0.302 e. The smallest absolute Gasteiger partial charge is 0.302 e. The molecular formula is C17H17F3N2O2S. The number of nitrogens with zero attached hydrogens (tertiary/aromatic N) is 1. The van der Waals surface area contributed by atoms with E-state index in [4.69, 9.17) is 0 Å². The van der Waals surface area contributed by atoms with E-state index in [1.165, 1.54) is 31.1 Å². The Morgan fingerprint density at radius 2 is 1.92 bits per heavy atom. The van der Waals surface area contributed by atoms with Crippen LogP contribution in [0.5, 0.6) is 0 Å². The molecule has 25 heavy (non-hydrogen) atoms. The summed E-state index contributed by atoms with van der Waals surface area (Å²) < 4.78 is 41.1. The first-order valence-corrected chi connectivity index (χ1v) is 8.81. The zero-order chi connectivity index (χ0) is 18.4. The second kappa shape index (κ2) is 6.40. The molecule has 0 atom stereocenters. The molecule has 1 fully saturated rings. The Kier molecular flexibility index (Phi) is 4.57. The predicted molar refractivity (Wildman–Crippen MR) is 90.9 cm³/mol. The van der Waals surface area contributed by atoms with Crippen molar-refractivity contribution in [1.82, 2.24) is 9.78 Å². The number of halogens is 3. The van der Waals surface area contributed by atoms with Gasteiger partial charge < -0.3 is 5.10 Å². The van der Waals surface area contributed by atoms with Crippen LogP contribution in [-0.4, -0.2) is 15.5 Å². The molecule has 0 saturated heterocycles. The third-order valence-corrected chi connectivity index (χ3v) is 5.76. The van der Waals surface area contributed by atoms with E-state index in [-0.39, 0.29) is 10.5 Å². The van der Waals surface area contributed by atoms with Gasteiger partial charge in [-0.05, 0) is 42.9 Å². The summed E-state index contributed by atoms with van der Waals surface area (Å²) in [5, 5.41) is 2.63. The standard InChI is InChI=1S/C17H17F3N2O2S/c1-9-11(12-7-21-22(2)16(24)14(12)23)5-6-13(17(18,19)20)15(9)25-8-10-3-4-10/h5-7,10,21H,3-4,8H2,1-2H3. The van der Waals surface area contributed by atoms with E-state index in [2.05, 4.69) is 5.10 Å². The number of thioether (sulfide) groups is 1. The molecule has 0 bridgehead atoms. The zero-order valence-electron chi connectivity index (χ0n) is 13.7. The molecule has 1 aliphatic carbocycles. The van der Waals surface area contributed by atoms with Gasteiger partial charge >= 0.3 is 11.7 Å². The highest BCUT2D eigenvalue weighted by Gasteiger charge is 2.35. The number of hydrogen-bond acceptors (Lipinski definition) is 3. The molecule has 0 unspecified atom stereocenters. The van der Waals surface area contributed by atoms with Gasteiger partial charge in [0.05, 0.1) is 11.1 Å². The van der Waals surface area contributed by atoms with Crippen molar-refractivity contribution in [3.8, 4) is 11.1 Å². The zero-order valence-corrected chi connectivity index (χ0v) is 14.6. The Labute approximate surface area is 146 Å². The molecule has 2 aromatic rings. The van der Waals surface area contributed by atoms with Gasteiger partial charge in [-0.3, -0.25) is 14.3 Å². The number of H-pyrrole nitrogens is 1. The average molecular weight is 370 g/mol. The Balaban J connectivity index is 2.15. The van der Waals surface area contributed by atoms with Gasteiger partial charge in [0.1, 0.15) is 0 Å². The molecule has 1 N–H and O–H groups in total. The van der Waals surface area contributed by atoms with Crippen molar-refractivity contribution >= 4 is 11.8 Å². The van der Waals surface area contributed by atoms with Crippen molar-refractivity contribution in [2.45, 2.75) is 30.8 Å². The van der Waals surface area contributed by atoms with Gasteiger partial charge in [0.2, 0.25) is 0 Å². The molecule has 1 saturated carbocycles. The molecule has 8 heteroatoms. The Bertz CT molecular complexity index is 927. The van der Waals surface area contributed by atoms with E-state index in [0.717, 1.165) is 23.6 Å². The van der Waals surface area contributed by atoms with Gasteiger partial charge in [0.25, 0.3) is 5.43 Å². The van der Waals surface area contributed by atoms with Gasteiger partial charge in [0, 0.05) is 23.9 Å². The summed E-state index contributed by atoms with van der Waals surface area (Å²) in [5.74, 6) is 1.09. The first-order chi connectivity index (χ1) is 11.7. The average Bonchev–Trinajstić information content (AvgIpc) is 3.35. The lowest BCUT2D eigenvalue weighted by atomic mass is 9.99. The number of benzene rings is 1. The summed E-state index contributed by atoms with van der Waals surface area (Å²) in [6.07, 6.45) is -1.02. The SMILES string of the molecule is Cc1c(-c2c[nH]n(C)c(=O)c2=O)ccc(C(F)(F)F)c1SCC1CC1. The molecule has 0 spiro atoms. The van der Waals surface area contributed by atoms with Crippen LogP contribution in [0.15, 0.2) is 32.8 Å². The van der Waals surface area contributed by atoms with Crippen molar-refractivity contribution in [3.63, 3.8) is 0 Å². The third kappa shape index (κ3) is 3.53. The van der Waals surface area contributed by atoms with Crippen LogP contribution in [0, 0.1) is 12.8 Å². The molecule has 1 aliphatic rings. The highest BCUT2D eigenvalue weighted by Crippen LogP contribution is 2.44. The van der Waals surface area contributed by atoms with Crippen molar-refractivity contribution in [1.29, 1.82) is 0 Å². The maximum absolute atomic E-state index is 13.4. The van der Waals surface area contributed by atoms with E-state index in [1.807, 2.05) is 0 Å². The molecule has 1 aromatic carbocycles. The predicted octanol–water partition coefficient (Wildman–Crippen LogP) is 3.57. The molecule has 1 aromatic heterocycles. The number of aromatic nitrogens is 2. The summed E-state index contributed by atoms with van der Waals surface area (Å²) in [7, 11) is 1.41. The van der Waals surface area contributed by atoms with Gasteiger partial charge in [-0.2, -0.15) is 13.2 Å². The number of alkyl halides is 3. The van der Waals surface area contributed by atoms with E-state index in [9.17, 15) is 22.8 Å². The minimum absolute atomic E-state index is 0.0857. The molecular weight excluding hydrogens is 353 g/mol. The Morgan fingerprint density at radius 3 is 2.52 bits per heavy atom. The fraction of sp³-hybridized carbons (Fsp3) is 0.412. The van der Waals surface area contributed by atoms with Crippen LogP contribution in [0.1, 0.15) is 24.0 Å². The maximum atomic E-state index is 13.4. The van der Waals surface area contributed by atoms with E-state index < -0.39 is 22.7 Å². The van der Waals surface area contributed by atoms with Crippen LogP contribution in [-0.2, 0) is 13.2 Å². The second-order valence-corrected chi connectivity index (χ2v) is 7.28. The highest BCUT2D eigenvalue weighted by molar-refractivity contribution is 7.99. The van der Waals surface area contributed by atoms with Crippen LogP contribution in [0.25, 0.3) is 11.1 Å². The fourth-order valence-electron chi connectivity index (χ4n) is 2.63. The van der Waals surface area contributed by atoms with Gasteiger partial charge in [0.15, 0.2) is 0 Å². The number of aromatic amines is 1. The number of aryl methyl sites for hydroxylation is 1. The lowest BCUT2D eigenvalue weighted by Gasteiger charge is -2.18. The highest BCUT2D eigenvalue weighted by atomic mass is 32.2. The Morgan fingerprint density at radius 1 is 1.24 bits per heavy atom. The molecule has 134 valence electrons. The molecule has 0 radical (unpaired) electrons. The summed E-state index contributed by atoms with van der Waals surface area (Å²) in [6, 6.07) is 2.26. The molecule has 0 aliphatic heterocycles. The first-order valence-electron chi connectivity index (χ1n) is 7.83.